The van der Waals surface area contributed by atoms with E-state index in [2.05, 4.69) is 25.1 Å². The van der Waals surface area contributed by atoms with Crippen LogP contribution in [0.3, 0.4) is 0 Å². The van der Waals surface area contributed by atoms with E-state index in [0.717, 1.165) is 13.0 Å². The van der Waals surface area contributed by atoms with Gasteiger partial charge in [-0.2, -0.15) is 0 Å². The summed E-state index contributed by atoms with van der Waals surface area (Å²) in [4.78, 5) is 14.8. The number of methoxy groups -OCH3 is 1. The van der Waals surface area contributed by atoms with E-state index in [9.17, 15) is 4.79 Å². The lowest BCUT2D eigenvalue weighted by molar-refractivity contribution is 0.0674. The van der Waals surface area contributed by atoms with Crippen LogP contribution in [0.2, 0.25) is 0 Å². The van der Waals surface area contributed by atoms with Crippen LogP contribution >= 0.6 is 0 Å². The monoisotopic (exact) mass is 281 g/mol. The highest BCUT2D eigenvalue weighted by molar-refractivity contribution is 5.97. The van der Waals surface area contributed by atoms with Gasteiger partial charge in [0.25, 0.3) is 5.91 Å². The number of rotatable bonds is 2. The Balaban J connectivity index is 1.93. The highest BCUT2D eigenvalue weighted by Crippen LogP contribution is 2.31. The molecule has 21 heavy (non-hydrogen) atoms. The van der Waals surface area contributed by atoms with Crippen molar-refractivity contribution in [1.82, 2.24) is 4.90 Å². The number of amides is 1. The van der Waals surface area contributed by atoms with Crippen LogP contribution in [0.25, 0.3) is 0 Å². The largest absolute Gasteiger partial charge is 0.496 e. The van der Waals surface area contributed by atoms with Crippen LogP contribution in [-0.2, 0) is 6.42 Å². The van der Waals surface area contributed by atoms with Gasteiger partial charge in [-0.05, 0) is 36.6 Å². The predicted molar refractivity (Wildman–Crippen MR) is 82.6 cm³/mol. The van der Waals surface area contributed by atoms with Gasteiger partial charge in [0, 0.05) is 6.54 Å². The van der Waals surface area contributed by atoms with Crippen molar-refractivity contribution in [2.75, 3.05) is 13.7 Å². The first-order valence-corrected chi connectivity index (χ1v) is 7.24. The molecule has 3 heteroatoms. The lowest BCUT2D eigenvalue weighted by atomic mass is 9.93. The van der Waals surface area contributed by atoms with Crippen LogP contribution in [0.4, 0.5) is 0 Å². The van der Waals surface area contributed by atoms with Crippen molar-refractivity contribution in [2.45, 2.75) is 19.4 Å². The molecule has 3 rings (SSSR count). The molecule has 0 saturated heterocycles. The zero-order valence-corrected chi connectivity index (χ0v) is 12.4. The average Bonchev–Trinajstić information content (AvgIpc) is 2.55. The van der Waals surface area contributed by atoms with Crippen molar-refractivity contribution in [3.05, 3.63) is 65.2 Å². The molecule has 2 aromatic rings. The Bertz CT molecular complexity index is 666. The molecule has 0 N–H and O–H groups in total. The van der Waals surface area contributed by atoms with Crippen molar-refractivity contribution < 1.29 is 9.53 Å². The van der Waals surface area contributed by atoms with Gasteiger partial charge in [-0.15, -0.1) is 0 Å². The number of carbonyl (C=O) groups excluding carboxylic acids is 1. The Labute approximate surface area is 125 Å². The molecule has 1 heterocycles. The molecule has 2 aromatic carbocycles. The van der Waals surface area contributed by atoms with Crippen molar-refractivity contribution >= 4 is 5.91 Å². The number of fused-ring (bicyclic) bond motifs is 1. The summed E-state index contributed by atoms with van der Waals surface area (Å²) in [6, 6.07) is 15.9. The number of hydrogen-bond donors (Lipinski definition) is 0. The van der Waals surface area contributed by atoms with Gasteiger partial charge < -0.3 is 9.64 Å². The third-order valence-corrected chi connectivity index (χ3v) is 4.19. The highest BCUT2D eigenvalue weighted by Gasteiger charge is 2.29. The number of carbonyl (C=O) groups is 1. The van der Waals surface area contributed by atoms with E-state index in [4.69, 9.17) is 4.74 Å². The average molecular weight is 281 g/mol. The molecule has 1 atom stereocenters. The van der Waals surface area contributed by atoms with Gasteiger partial charge in [0.1, 0.15) is 5.75 Å². The summed E-state index contributed by atoms with van der Waals surface area (Å²) in [6.45, 7) is 2.83. The number of nitrogens with zero attached hydrogens (tertiary/aromatic N) is 1. The van der Waals surface area contributed by atoms with E-state index in [-0.39, 0.29) is 11.9 Å². The maximum Gasteiger partial charge on any atom is 0.258 e. The van der Waals surface area contributed by atoms with Gasteiger partial charge in [0.15, 0.2) is 0 Å². The quantitative estimate of drug-likeness (QED) is 0.843. The second-order valence-electron chi connectivity index (χ2n) is 5.32. The number of ether oxygens (including phenoxy) is 1. The van der Waals surface area contributed by atoms with E-state index in [1.165, 1.54) is 11.1 Å². The van der Waals surface area contributed by atoms with Crippen LogP contribution in [0, 0.1) is 0 Å². The summed E-state index contributed by atoms with van der Waals surface area (Å²) in [6.07, 6.45) is 0.904. The molecule has 0 radical (unpaired) electrons. The Morgan fingerprint density at radius 1 is 1.14 bits per heavy atom. The molecule has 1 amide bonds. The lowest BCUT2D eigenvalue weighted by Gasteiger charge is -2.35. The zero-order chi connectivity index (χ0) is 14.8. The molecule has 1 aliphatic rings. The summed E-state index contributed by atoms with van der Waals surface area (Å²) < 4.78 is 5.31. The van der Waals surface area contributed by atoms with Gasteiger partial charge >= 0.3 is 0 Å². The van der Waals surface area contributed by atoms with E-state index < -0.39 is 0 Å². The third kappa shape index (κ3) is 2.40. The second-order valence-corrected chi connectivity index (χ2v) is 5.32. The number of hydrogen-bond acceptors (Lipinski definition) is 2. The Kier molecular flexibility index (Phi) is 3.65. The lowest BCUT2D eigenvalue weighted by Crippen LogP contribution is -2.38. The van der Waals surface area contributed by atoms with Gasteiger partial charge in [-0.25, -0.2) is 0 Å². The molecule has 108 valence electrons. The topological polar surface area (TPSA) is 29.5 Å². The number of benzene rings is 2. The van der Waals surface area contributed by atoms with E-state index in [1.54, 1.807) is 7.11 Å². The number of para-hydroxylation sites is 1. The van der Waals surface area contributed by atoms with Gasteiger partial charge in [0.05, 0.1) is 18.7 Å². The van der Waals surface area contributed by atoms with Crippen LogP contribution in [0.5, 0.6) is 5.75 Å². The molecule has 1 aliphatic heterocycles. The summed E-state index contributed by atoms with van der Waals surface area (Å²) >= 11 is 0. The van der Waals surface area contributed by atoms with E-state index in [0.29, 0.717) is 11.3 Å². The fourth-order valence-electron chi connectivity index (χ4n) is 3.03. The maximum absolute atomic E-state index is 12.8. The smallest absolute Gasteiger partial charge is 0.258 e. The first-order chi connectivity index (χ1) is 10.2. The maximum atomic E-state index is 12.8. The van der Waals surface area contributed by atoms with Gasteiger partial charge in [-0.3, -0.25) is 4.79 Å². The first kappa shape index (κ1) is 13.7. The molecule has 0 aliphatic carbocycles. The third-order valence-electron chi connectivity index (χ3n) is 4.19. The molecule has 0 fully saturated rings. The minimum absolute atomic E-state index is 0.0365. The van der Waals surface area contributed by atoms with Crippen LogP contribution in [0.15, 0.2) is 48.5 Å². The Morgan fingerprint density at radius 2 is 1.86 bits per heavy atom. The molecule has 0 spiro atoms. The van der Waals surface area contributed by atoms with E-state index >= 15 is 0 Å². The van der Waals surface area contributed by atoms with Crippen molar-refractivity contribution in [1.29, 1.82) is 0 Å². The van der Waals surface area contributed by atoms with Crippen molar-refractivity contribution in [3.8, 4) is 5.75 Å². The van der Waals surface area contributed by atoms with Crippen LogP contribution in [0.1, 0.15) is 34.5 Å². The first-order valence-electron chi connectivity index (χ1n) is 7.24. The summed E-state index contributed by atoms with van der Waals surface area (Å²) in [7, 11) is 1.60. The second kappa shape index (κ2) is 5.60. The van der Waals surface area contributed by atoms with Crippen LogP contribution < -0.4 is 4.74 Å². The normalized spacial score (nSPS) is 17.2. The Morgan fingerprint density at radius 3 is 2.67 bits per heavy atom. The minimum atomic E-state index is 0.0365. The SMILES string of the molecule is COc1ccccc1C(=O)N1CCc2ccccc2[C@H]1C. The standard InChI is InChI=1S/C18H19NO2/c1-13-15-8-4-3-7-14(15)11-12-19(13)18(20)16-9-5-6-10-17(16)21-2/h3-10,13H,11-12H2,1-2H3/t13-/m1/s1. The summed E-state index contributed by atoms with van der Waals surface area (Å²) in [5.41, 5.74) is 3.22. The molecular formula is C18H19NO2. The summed E-state index contributed by atoms with van der Waals surface area (Å²) in [5, 5.41) is 0. The summed E-state index contributed by atoms with van der Waals surface area (Å²) in [5.74, 6) is 0.669. The van der Waals surface area contributed by atoms with Crippen LogP contribution in [-0.4, -0.2) is 24.5 Å². The molecule has 0 unspecified atom stereocenters. The minimum Gasteiger partial charge on any atom is -0.496 e. The zero-order valence-electron chi connectivity index (χ0n) is 12.4. The van der Waals surface area contributed by atoms with Crippen molar-refractivity contribution in [3.63, 3.8) is 0 Å². The molecule has 3 nitrogen and oxygen atoms in total. The molecular weight excluding hydrogens is 262 g/mol. The van der Waals surface area contributed by atoms with E-state index in [1.807, 2.05) is 35.2 Å². The van der Waals surface area contributed by atoms with Crippen molar-refractivity contribution in [2.24, 2.45) is 0 Å². The Hall–Kier alpha value is -2.29. The molecule has 0 bridgehead atoms. The van der Waals surface area contributed by atoms with Gasteiger partial charge in [0.2, 0.25) is 0 Å². The highest BCUT2D eigenvalue weighted by atomic mass is 16.5. The fourth-order valence-corrected chi connectivity index (χ4v) is 3.03. The predicted octanol–water partition coefficient (Wildman–Crippen LogP) is 3.45. The van der Waals surface area contributed by atoms with Gasteiger partial charge in [-0.1, -0.05) is 36.4 Å². The molecule has 0 saturated carbocycles. The molecule has 0 aromatic heterocycles. The fraction of sp³-hybridized carbons (Fsp3) is 0.278.